The molecule has 0 radical (unpaired) electrons. The van der Waals surface area contributed by atoms with Crippen molar-refractivity contribution in [3.63, 3.8) is 0 Å². The van der Waals surface area contributed by atoms with Crippen LogP contribution in [-0.2, 0) is 13.6 Å². The molecule has 3 heterocycles. The number of benzene rings is 1. The number of rotatable bonds is 6. The van der Waals surface area contributed by atoms with Gasteiger partial charge in [-0.3, -0.25) is 10.1 Å². The Labute approximate surface area is 178 Å². The molecule has 1 aliphatic heterocycles. The smallest absolute Gasteiger partial charge is 0.404 e. The maximum absolute atomic E-state index is 11.5. The van der Waals surface area contributed by atoms with Gasteiger partial charge in [0.1, 0.15) is 10.7 Å². The van der Waals surface area contributed by atoms with Gasteiger partial charge in [0.2, 0.25) is 5.89 Å². The molecule has 0 unspecified atom stereocenters. The summed E-state index contributed by atoms with van der Waals surface area (Å²) in [6.07, 6.45) is 1.74. The van der Waals surface area contributed by atoms with Gasteiger partial charge in [-0.2, -0.15) is 4.68 Å². The molecule has 1 N–H and O–H groups in total. The molecule has 160 valence electrons. The van der Waals surface area contributed by atoms with Crippen LogP contribution in [0, 0.1) is 10.1 Å². The lowest BCUT2D eigenvalue weighted by Gasteiger charge is -2.32. The Balaban J connectivity index is 0.00000256. The minimum Gasteiger partial charge on any atom is -0.404 e. The van der Waals surface area contributed by atoms with Gasteiger partial charge in [-0.05, 0) is 43.2 Å². The first-order valence-electron chi connectivity index (χ1n) is 9.35. The fourth-order valence-corrected chi connectivity index (χ4v) is 3.45. The topological polar surface area (TPSA) is 120 Å². The van der Waals surface area contributed by atoms with Crippen LogP contribution in [0.1, 0.15) is 30.4 Å². The van der Waals surface area contributed by atoms with Crippen LogP contribution >= 0.6 is 12.4 Å². The second-order valence-electron chi connectivity index (χ2n) is 6.99. The molecule has 1 aliphatic rings. The van der Waals surface area contributed by atoms with Crippen LogP contribution in [0.15, 0.2) is 50.0 Å². The predicted octanol–water partition coefficient (Wildman–Crippen LogP) is 3.29. The fourth-order valence-electron chi connectivity index (χ4n) is 3.45. The summed E-state index contributed by atoms with van der Waals surface area (Å²) in [7, 11) is 1.59. The maximum Gasteiger partial charge on any atom is 0.436 e. The van der Waals surface area contributed by atoms with Gasteiger partial charge < -0.3 is 19.1 Å². The van der Waals surface area contributed by atoms with Crippen LogP contribution < -0.4 is 16.0 Å². The lowest BCUT2D eigenvalue weighted by molar-refractivity contribution is -0.402. The van der Waals surface area contributed by atoms with Gasteiger partial charge in [-0.25, -0.2) is 4.79 Å². The average Bonchev–Trinajstić information content (AvgIpc) is 3.34. The minimum absolute atomic E-state index is 0. The Morgan fingerprint density at radius 2 is 1.87 bits per heavy atom. The van der Waals surface area contributed by atoms with Crippen LogP contribution in [0.2, 0.25) is 0 Å². The first-order chi connectivity index (χ1) is 14.0. The molecule has 2 aromatic heterocycles. The molecule has 0 spiro atoms. The van der Waals surface area contributed by atoms with E-state index in [4.69, 9.17) is 8.83 Å². The molecule has 10 nitrogen and oxygen atoms in total. The lowest BCUT2D eigenvalue weighted by atomic mass is 9.96. The number of nitrogens with zero attached hydrogens (tertiary/aromatic N) is 4. The molecule has 0 atom stereocenters. The first-order valence-corrected chi connectivity index (χ1v) is 9.35. The Morgan fingerprint density at radius 1 is 1.17 bits per heavy atom. The van der Waals surface area contributed by atoms with E-state index >= 15 is 0 Å². The van der Waals surface area contributed by atoms with Gasteiger partial charge in [0.15, 0.2) is 0 Å². The molecular formula is C19H22ClN5O5. The summed E-state index contributed by atoms with van der Waals surface area (Å²) in [6, 6.07) is 10.9. The third kappa shape index (κ3) is 4.65. The van der Waals surface area contributed by atoms with Crippen molar-refractivity contribution in [3.05, 3.63) is 68.7 Å². The van der Waals surface area contributed by atoms with Crippen LogP contribution in [0.3, 0.4) is 0 Å². The van der Waals surface area contributed by atoms with Gasteiger partial charge in [0.25, 0.3) is 0 Å². The summed E-state index contributed by atoms with van der Waals surface area (Å²) in [4.78, 5) is 23.8. The molecule has 1 saturated heterocycles. The number of hydrogen-bond acceptors (Lipinski definition) is 8. The quantitative estimate of drug-likeness (QED) is 0.462. The van der Waals surface area contributed by atoms with E-state index in [1.54, 1.807) is 13.1 Å². The van der Waals surface area contributed by atoms with Crippen LogP contribution in [-0.4, -0.2) is 27.8 Å². The first kappa shape index (κ1) is 21.4. The lowest BCUT2D eigenvalue weighted by Crippen LogP contribution is -2.32. The average molecular weight is 436 g/mol. The van der Waals surface area contributed by atoms with Gasteiger partial charge >= 0.3 is 11.6 Å². The molecule has 3 aromatic rings. The minimum atomic E-state index is -0.553. The molecular weight excluding hydrogens is 414 g/mol. The van der Waals surface area contributed by atoms with Crippen molar-refractivity contribution in [3.8, 4) is 0 Å². The molecule has 0 amide bonds. The number of halogens is 1. The highest BCUT2D eigenvalue weighted by Gasteiger charge is 2.25. The van der Waals surface area contributed by atoms with Crippen molar-refractivity contribution < 1.29 is 13.8 Å². The fraction of sp³-hybridized carbons (Fsp3) is 0.368. The highest BCUT2D eigenvalue weighted by Crippen LogP contribution is 2.29. The second-order valence-corrected chi connectivity index (χ2v) is 6.99. The van der Waals surface area contributed by atoms with Crippen LogP contribution in [0.5, 0.6) is 0 Å². The molecule has 11 heteroatoms. The molecule has 0 aliphatic carbocycles. The van der Waals surface area contributed by atoms with Gasteiger partial charge in [0, 0.05) is 37.4 Å². The molecule has 30 heavy (non-hydrogen) atoms. The van der Waals surface area contributed by atoms with Crippen LogP contribution in [0.25, 0.3) is 0 Å². The van der Waals surface area contributed by atoms with Crippen molar-refractivity contribution >= 4 is 29.7 Å². The zero-order valence-electron chi connectivity index (χ0n) is 16.3. The van der Waals surface area contributed by atoms with Crippen molar-refractivity contribution in [2.75, 3.05) is 23.3 Å². The van der Waals surface area contributed by atoms with Gasteiger partial charge in [-0.15, -0.1) is 17.5 Å². The predicted molar refractivity (Wildman–Crippen MR) is 112 cm³/mol. The zero-order valence-corrected chi connectivity index (χ0v) is 17.1. The molecule has 0 saturated carbocycles. The Kier molecular flexibility index (Phi) is 6.46. The van der Waals surface area contributed by atoms with Crippen molar-refractivity contribution in [2.24, 2.45) is 7.05 Å². The number of hydrogen-bond donors (Lipinski definition) is 1. The number of anilines is 2. The molecule has 1 fully saturated rings. The molecule has 4 rings (SSSR count). The van der Waals surface area contributed by atoms with E-state index in [9.17, 15) is 14.9 Å². The Morgan fingerprint density at radius 3 is 2.43 bits per heavy atom. The summed E-state index contributed by atoms with van der Waals surface area (Å²) in [5.74, 6) is 0.512. The normalized spacial score (nSPS) is 14.4. The van der Waals surface area contributed by atoms with Crippen molar-refractivity contribution in [1.82, 2.24) is 9.78 Å². The molecule has 0 bridgehead atoms. The monoisotopic (exact) mass is 435 g/mol. The largest absolute Gasteiger partial charge is 0.436 e. The number of nitro groups is 1. The van der Waals surface area contributed by atoms with Crippen molar-refractivity contribution in [2.45, 2.75) is 25.3 Å². The van der Waals surface area contributed by atoms with E-state index in [-0.39, 0.29) is 24.2 Å². The Hall–Kier alpha value is -3.27. The zero-order chi connectivity index (χ0) is 20.4. The number of aromatic nitrogens is 2. The van der Waals surface area contributed by atoms with Gasteiger partial charge in [0.05, 0.1) is 12.6 Å². The standard InChI is InChI=1S/C19H21N5O5.ClH/c1-22-19(25)29-18(21-22)13-8-10-23(11-9-13)15-4-2-14(3-5-15)20-12-16-6-7-17(28-16)24(26)27;/h2-7,13,20H,8-12H2,1H3;1H. The van der Waals surface area contributed by atoms with Gasteiger partial charge in [-0.1, -0.05) is 0 Å². The van der Waals surface area contributed by atoms with E-state index in [0.717, 1.165) is 37.3 Å². The van der Waals surface area contributed by atoms with Crippen molar-refractivity contribution in [1.29, 1.82) is 0 Å². The van der Waals surface area contributed by atoms with E-state index in [0.29, 0.717) is 18.2 Å². The number of furan rings is 1. The third-order valence-corrected chi connectivity index (χ3v) is 5.08. The summed E-state index contributed by atoms with van der Waals surface area (Å²) >= 11 is 0. The highest BCUT2D eigenvalue weighted by atomic mass is 35.5. The summed E-state index contributed by atoms with van der Waals surface area (Å²) in [6.45, 7) is 2.08. The second kappa shape index (κ2) is 9.04. The van der Waals surface area contributed by atoms with Crippen LogP contribution in [0.4, 0.5) is 17.3 Å². The summed E-state index contributed by atoms with van der Waals surface area (Å²) < 4.78 is 11.6. The van der Waals surface area contributed by atoms with E-state index in [2.05, 4.69) is 15.3 Å². The third-order valence-electron chi connectivity index (χ3n) is 5.08. The number of aryl methyl sites for hydroxylation is 1. The van der Waals surface area contributed by atoms with E-state index in [1.807, 2.05) is 24.3 Å². The number of nitrogens with one attached hydrogen (secondary N) is 1. The Bertz CT molecular complexity index is 1050. The maximum atomic E-state index is 11.5. The summed E-state index contributed by atoms with van der Waals surface area (Å²) in [5, 5.41) is 18.0. The number of piperidine rings is 1. The summed E-state index contributed by atoms with van der Waals surface area (Å²) in [5.41, 5.74) is 2.02. The highest BCUT2D eigenvalue weighted by molar-refractivity contribution is 5.85. The SMILES string of the molecule is Cl.Cn1nc(C2CCN(c3ccc(NCc4ccc([N+](=O)[O-])o4)cc3)CC2)oc1=O. The molecule has 1 aromatic carbocycles. The van der Waals surface area contributed by atoms with E-state index in [1.165, 1.54) is 10.7 Å². The van der Waals surface area contributed by atoms with E-state index < -0.39 is 10.7 Å².